The van der Waals surface area contributed by atoms with E-state index < -0.39 is 6.10 Å². The van der Waals surface area contributed by atoms with Gasteiger partial charge in [-0.15, -0.1) is 0 Å². The standard InChI is InChI=1S/C18H25N5O3/c1-21-16-15(17(25)22(2)18(21)26)20-12-23(16)10-6-9-19-11-14(24)13-7-4-3-5-8-13/h3-5,7-8,14,19-20,24H,6,9-12H2,1-2H3. The fourth-order valence-corrected chi connectivity index (χ4v) is 3.22. The lowest BCUT2D eigenvalue weighted by Gasteiger charge is -2.20. The highest BCUT2D eigenvalue weighted by molar-refractivity contribution is 5.70. The third kappa shape index (κ3) is 3.51. The molecule has 1 atom stereocenters. The Morgan fingerprint density at radius 2 is 1.92 bits per heavy atom. The number of nitrogens with zero attached hydrogens (tertiary/aromatic N) is 3. The summed E-state index contributed by atoms with van der Waals surface area (Å²) in [4.78, 5) is 26.3. The molecule has 3 rings (SSSR count). The van der Waals surface area contributed by atoms with Crippen molar-refractivity contribution in [2.45, 2.75) is 12.5 Å². The largest absolute Gasteiger partial charge is 0.387 e. The smallest absolute Gasteiger partial charge is 0.332 e. The van der Waals surface area contributed by atoms with E-state index in [2.05, 4.69) is 10.6 Å². The van der Waals surface area contributed by atoms with Gasteiger partial charge in [0.1, 0.15) is 11.5 Å². The normalized spacial score (nSPS) is 14.2. The molecule has 0 radical (unpaired) electrons. The summed E-state index contributed by atoms with van der Waals surface area (Å²) in [6.45, 7) is 2.43. The van der Waals surface area contributed by atoms with Crippen LogP contribution in [0.25, 0.3) is 0 Å². The van der Waals surface area contributed by atoms with Crippen molar-refractivity contribution in [3.63, 3.8) is 0 Å². The number of rotatable bonds is 7. The van der Waals surface area contributed by atoms with Gasteiger partial charge in [0, 0.05) is 27.2 Å². The zero-order chi connectivity index (χ0) is 18.7. The molecule has 1 aliphatic rings. The first kappa shape index (κ1) is 18.2. The maximum absolute atomic E-state index is 12.2. The molecule has 0 saturated heterocycles. The number of fused-ring (bicyclic) bond motifs is 1. The summed E-state index contributed by atoms with van der Waals surface area (Å²) < 4.78 is 2.62. The minimum Gasteiger partial charge on any atom is -0.387 e. The predicted molar refractivity (Wildman–Crippen MR) is 102 cm³/mol. The van der Waals surface area contributed by atoms with Crippen molar-refractivity contribution in [1.82, 2.24) is 14.5 Å². The SMILES string of the molecule is Cn1c2c(c(=O)n(C)c1=O)NCN2CCCNCC(O)c1ccccc1. The summed E-state index contributed by atoms with van der Waals surface area (Å²) in [6.07, 6.45) is 0.292. The average molecular weight is 359 g/mol. The molecule has 2 aromatic rings. The Labute approximate surface area is 151 Å². The molecule has 0 amide bonds. The van der Waals surface area contributed by atoms with Crippen LogP contribution in [0, 0.1) is 0 Å². The Kier molecular flexibility index (Phi) is 5.43. The van der Waals surface area contributed by atoms with Gasteiger partial charge >= 0.3 is 5.69 Å². The average Bonchev–Trinajstić information content (AvgIpc) is 3.09. The molecule has 8 heteroatoms. The third-order valence-corrected chi connectivity index (χ3v) is 4.68. The second-order valence-electron chi connectivity index (χ2n) is 6.49. The number of hydrogen-bond acceptors (Lipinski definition) is 6. The first-order chi connectivity index (χ1) is 12.5. The summed E-state index contributed by atoms with van der Waals surface area (Å²) in [5.41, 5.74) is 0.742. The molecule has 0 aliphatic carbocycles. The Balaban J connectivity index is 1.52. The van der Waals surface area contributed by atoms with Crippen molar-refractivity contribution in [3.05, 3.63) is 56.7 Å². The quantitative estimate of drug-likeness (QED) is 0.602. The van der Waals surface area contributed by atoms with Crippen molar-refractivity contribution in [2.75, 3.05) is 36.5 Å². The summed E-state index contributed by atoms with van der Waals surface area (Å²) in [5, 5.41) is 16.5. The molecule has 1 aliphatic heterocycles. The number of anilines is 2. The van der Waals surface area contributed by atoms with Crippen molar-refractivity contribution in [3.8, 4) is 0 Å². The van der Waals surface area contributed by atoms with Crippen LogP contribution in [-0.2, 0) is 14.1 Å². The van der Waals surface area contributed by atoms with Crippen LogP contribution >= 0.6 is 0 Å². The number of aliphatic hydroxyl groups excluding tert-OH is 1. The minimum absolute atomic E-state index is 0.297. The van der Waals surface area contributed by atoms with Gasteiger partial charge in [-0.1, -0.05) is 30.3 Å². The number of aliphatic hydroxyl groups is 1. The Hall–Kier alpha value is -2.58. The van der Waals surface area contributed by atoms with Crippen molar-refractivity contribution in [1.29, 1.82) is 0 Å². The van der Waals surface area contributed by atoms with Crippen molar-refractivity contribution < 1.29 is 5.11 Å². The Morgan fingerprint density at radius 1 is 1.19 bits per heavy atom. The molecule has 8 nitrogen and oxygen atoms in total. The van der Waals surface area contributed by atoms with Gasteiger partial charge in [-0.2, -0.15) is 0 Å². The van der Waals surface area contributed by atoms with Crippen LogP contribution < -0.4 is 26.8 Å². The Bertz CT molecular complexity index is 875. The molecule has 0 bridgehead atoms. The second-order valence-corrected chi connectivity index (χ2v) is 6.49. The summed E-state index contributed by atoms with van der Waals surface area (Å²) in [7, 11) is 3.16. The van der Waals surface area contributed by atoms with Crippen LogP contribution in [0.4, 0.5) is 11.5 Å². The van der Waals surface area contributed by atoms with Gasteiger partial charge in [0.05, 0.1) is 12.8 Å². The van der Waals surface area contributed by atoms with Crippen LogP contribution in [0.15, 0.2) is 39.9 Å². The Morgan fingerprint density at radius 3 is 2.65 bits per heavy atom. The highest BCUT2D eigenvalue weighted by Crippen LogP contribution is 2.25. The van der Waals surface area contributed by atoms with Crippen LogP contribution in [0.3, 0.4) is 0 Å². The molecule has 0 saturated carbocycles. The highest BCUT2D eigenvalue weighted by Gasteiger charge is 2.25. The van der Waals surface area contributed by atoms with Gasteiger partial charge < -0.3 is 20.6 Å². The third-order valence-electron chi connectivity index (χ3n) is 4.68. The van der Waals surface area contributed by atoms with Gasteiger partial charge in [-0.05, 0) is 18.5 Å². The van der Waals surface area contributed by atoms with Crippen LogP contribution in [0.5, 0.6) is 0 Å². The lowest BCUT2D eigenvalue weighted by molar-refractivity contribution is 0.175. The molecule has 1 aromatic heterocycles. The molecular formula is C18H25N5O3. The molecular weight excluding hydrogens is 334 g/mol. The molecule has 0 fully saturated rings. The molecule has 1 unspecified atom stereocenters. The van der Waals surface area contributed by atoms with E-state index in [9.17, 15) is 14.7 Å². The lowest BCUT2D eigenvalue weighted by atomic mass is 10.1. The van der Waals surface area contributed by atoms with Crippen LogP contribution in [0.1, 0.15) is 18.1 Å². The maximum Gasteiger partial charge on any atom is 0.332 e. The van der Waals surface area contributed by atoms with Crippen LogP contribution in [-0.4, -0.2) is 40.5 Å². The van der Waals surface area contributed by atoms with Crippen LogP contribution in [0.2, 0.25) is 0 Å². The van der Waals surface area contributed by atoms with E-state index in [0.29, 0.717) is 31.3 Å². The molecule has 2 heterocycles. The number of aromatic nitrogens is 2. The fourth-order valence-electron chi connectivity index (χ4n) is 3.22. The van der Waals surface area contributed by atoms with Gasteiger partial charge in [-0.3, -0.25) is 13.9 Å². The summed E-state index contributed by atoms with van der Waals surface area (Å²) in [6, 6.07) is 9.54. The van der Waals surface area contributed by atoms with Gasteiger partial charge in [0.2, 0.25) is 0 Å². The van der Waals surface area contributed by atoms with E-state index in [1.54, 1.807) is 7.05 Å². The molecule has 1 aromatic carbocycles. The van der Waals surface area contributed by atoms with E-state index in [-0.39, 0.29) is 11.2 Å². The minimum atomic E-state index is -0.533. The topological polar surface area (TPSA) is 91.5 Å². The van der Waals surface area contributed by atoms with E-state index in [0.717, 1.165) is 23.1 Å². The second kappa shape index (κ2) is 7.76. The first-order valence-corrected chi connectivity index (χ1v) is 8.73. The molecule has 0 spiro atoms. The zero-order valence-electron chi connectivity index (χ0n) is 15.1. The van der Waals surface area contributed by atoms with E-state index >= 15 is 0 Å². The van der Waals surface area contributed by atoms with Crippen molar-refractivity contribution >= 4 is 11.5 Å². The van der Waals surface area contributed by atoms with E-state index in [1.165, 1.54) is 11.6 Å². The summed E-state index contributed by atoms with van der Waals surface area (Å²) in [5.74, 6) is 0.641. The summed E-state index contributed by atoms with van der Waals surface area (Å²) >= 11 is 0. The zero-order valence-corrected chi connectivity index (χ0v) is 15.1. The first-order valence-electron chi connectivity index (χ1n) is 8.73. The maximum atomic E-state index is 12.2. The van der Waals surface area contributed by atoms with Gasteiger partial charge in [-0.25, -0.2) is 4.79 Å². The molecule has 140 valence electrons. The molecule has 3 N–H and O–H groups in total. The lowest BCUT2D eigenvalue weighted by Crippen LogP contribution is -2.39. The number of nitrogens with one attached hydrogen (secondary N) is 2. The number of hydrogen-bond donors (Lipinski definition) is 3. The predicted octanol–water partition coefficient (Wildman–Crippen LogP) is -0.0133. The van der Waals surface area contributed by atoms with E-state index in [4.69, 9.17) is 0 Å². The van der Waals surface area contributed by atoms with E-state index in [1.807, 2.05) is 35.2 Å². The highest BCUT2D eigenvalue weighted by atomic mass is 16.3. The van der Waals surface area contributed by atoms with Crippen molar-refractivity contribution in [2.24, 2.45) is 14.1 Å². The fraction of sp³-hybridized carbons (Fsp3) is 0.444. The molecule has 26 heavy (non-hydrogen) atoms. The van der Waals surface area contributed by atoms with Gasteiger partial charge in [0.15, 0.2) is 0 Å². The van der Waals surface area contributed by atoms with Gasteiger partial charge in [0.25, 0.3) is 5.56 Å². The number of benzene rings is 1. The monoisotopic (exact) mass is 359 g/mol.